The van der Waals surface area contributed by atoms with E-state index >= 15 is 0 Å². The van der Waals surface area contributed by atoms with Crippen LogP contribution in [0.25, 0.3) is 0 Å². The molecule has 3 aromatic rings. The molecule has 0 saturated heterocycles. The highest BCUT2D eigenvalue weighted by Crippen LogP contribution is 2.52. The van der Waals surface area contributed by atoms with E-state index in [1.54, 1.807) is 19.2 Å². The predicted molar refractivity (Wildman–Crippen MR) is 142 cm³/mol. The molecular formula is C26H20Br2Cl2FNO2. The minimum atomic E-state index is -0.263. The van der Waals surface area contributed by atoms with Gasteiger partial charge in [-0.05, 0) is 81.4 Å². The number of hydrogen-bond acceptors (Lipinski definition) is 3. The third-order valence-electron chi connectivity index (χ3n) is 6.36. The number of rotatable bonds is 5. The van der Waals surface area contributed by atoms with Gasteiger partial charge in [-0.15, -0.1) is 0 Å². The van der Waals surface area contributed by atoms with Crippen LogP contribution in [0.15, 0.2) is 63.6 Å². The summed E-state index contributed by atoms with van der Waals surface area (Å²) in [6.45, 7) is 0.301. The van der Waals surface area contributed by atoms with Crippen molar-refractivity contribution in [2.45, 2.75) is 25.0 Å². The van der Waals surface area contributed by atoms with Crippen molar-refractivity contribution < 1.29 is 13.9 Å². The van der Waals surface area contributed by atoms with Crippen molar-refractivity contribution in [3.63, 3.8) is 0 Å². The third kappa shape index (κ3) is 4.46. The summed E-state index contributed by atoms with van der Waals surface area (Å²) < 4.78 is 28.2. The van der Waals surface area contributed by atoms with Gasteiger partial charge in [0.2, 0.25) is 0 Å². The van der Waals surface area contributed by atoms with Gasteiger partial charge in [-0.2, -0.15) is 0 Å². The molecule has 34 heavy (non-hydrogen) atoms. The standard InChI is InChI=1S/C26H20Br2Cl2FNO2/c1-33-23-9-14(8-19(28)26(23)34-12-13-5-6-20(29)21(30)7-13)24-17-4-2-3-16(17)18-10-15(27)11-22(31)25(18)32-24/h2-3,5-11,16-17,24,32H,4,12H2,1H3/t16-,17+,24+/m1/s1. The van der Waals surface area contributed by atoms with Crippen molar-refractivity contribution in [1.29, 1.82) is 0 Å². The molecule has 0 unspecified atom stereocenters. The van der Waals surface area contributed by atoms with Crippen molar-refractivity contribution in [2.24, 2.45) is 5.92 Å². The lowest BCUT2D eigenvalue weighted by Gasteiger charge is -2.38. The molecule has 1 heterocycles. The van der Waals surface area contributed by atoms with Crippen molar-refractivity contribution in [1.82, 2.24) is 0 Å². The van der Waals surface area contributed by atoms with Crippen molar-refractivity contribution in [3.05, 3.63) is 96.1 Å². The van der Waals surface area contributed by atoms with Gasteiger partial charge in [0, 0.05) is 10.4 Å². The highest BCUT2D eigenvalue weighted by Gasteiger charge is 2.39. The molecule has 3 atom stereocenters. The molecule has 1 aliphatic heterocycles. The summed E-state index contributed by atoms with van der Waals surface area (Å²) in [5.74, 6) is 1.32. The molecule has 8 heteroatoms. The van der Waals surface area contributed by atoms with Gasteiger partial charge in [-0.3, -0.25) is 0 Å². The highest BCUT2D eigenvalue weighted by molar-refractivity contribution is 9.10. The minimum Gasteiger partial charge on any atom is -0.493 e. The summed E-state index contributed by atoms with van der Waals surface area (Å²) >= 11 is 19.2. The Hall–Kier alpha value is -1.73. The number of anilines is 1. The van der Waals surface area contributed by atoms with Crippen LogP contribution in [0.5, 0.6) is 11.5 Å². The molecule has 0 fully saturated rings. The van der Waals surface area contributed by atoms with Crippen LogP contribution in [0.4, 0.5) is 10.1 Å². The second-order valence-corrected chi connectivity index (χ2v) is 11.0. The maximum absolute atomic E-state index is 14.9. The number of ether oxygens (including phenoxy) is 2. The van der Waals surface area contributed by atoms with E-state index in [2.05, 4.69) is 49.3 Å². The Morgan fingerprint density at radius 2 is 1.91 bits per heavy atom. The molecule has 3 nitrogen and oxygen atoms in total. The molecule has 0 spiro atoms. The lowest BCUT2D eigenvalue weighted by atomic mass is 9.77. The van der Waals surface area contributed by atoms with Gasteiger partial charge in [0.05, 0.1) is 33.4 Å². The number of methoxy groups -OCH3 is 1. The summed E-state index contributed by atoms with van der Waals surface area (Å²) in [5.41, 5.74) is 3.42. The van der Waals surface area contributed by atoms with Crippen LogP contribution in [0.2, 0.25) is 10.0 Å². The smallest absolute Gasteiger partial charge is 0.175 e. The first-order chi connectivity index (χ1) is 16.4. The normalized spacial score (nSPS) is 20.5. The van der Waals surface area contributed by atoms with Crippen LogP contribution in [0.3, 0.4) is 0 Å². The molecule has 2 aliphatic rings. The first-order valence-corrected chi connectivity index (χ1v) is 13.1. The highest BCUT2D eigenvalue weighted by atomic mass is 79.9. The molecule has 0 amide bonds. The Bertz CT molecular complexity index is 1300. The Kier molecular flexibility index (Phi) is 6.86. The summed E-state index contributed by atoms with van der Waals surface area (Å²) in [6, 6.07) is 12.8. The van der Waals surface area contributed by atoms with Crippen LogP contribution in [-0.4, -0.2) is 7.11 Å². The molecule has 3 aromatic carbocycles. The number of benzene rings is 3. The Balaban J connectivity index is 1.46. The molecular weight excluding hydrogens is 608 g/mol. The second-order valence-electron chi connectivity index (χ2n) is 8.40. The van der Waals surface area contributed by atoms with Crippen molar-refractivity contribution in [2.75, 3.05) is 12.4 Å². The molecule has 1 aliphatic carbocycles. The Labute approximate surface area is 224 Å². The van der Waals surface area contributed by atoms with Crippen LogP contribution in [0.1, 0.15) is 35.1 Å². The van der Waals surface area contributed by atoms with Gasteiger partial charge in [-0.1, -0.05) is 57.4 Å². The zero-order valence-electron chi connectivity index (χ0n) is 18.0. The first-order valence-electron chi connectivity index (χ1n) is 10.7. The monoisotopic (exact) mass is 625 g/mol. The SMILES string of the molecule is COc1cc([C@@H]2Nc3c(F)cc(Br)cc3[C@@H]3C=CC[C@@H]32)cc(Br)c1OCc1ccc(Cl)c(Cl)c1. The van der Waals surface area contributed by atoms with Gasteiger partial charge in [-0.25, -0.2) is 4.39 Å². The van der Waals surface area contributed by atoms with Crippen LogP contribution in [0, 0.1) is 11.7 Å². The fraction of sp³-hybridized carbons (Fsp3) is 0.231. The van der Waals surface area contributed by atoms with Gasteiger partial charge < -0.3 is 14.8 Å². The number of nitrogens with one attached hydrogen (secondary N) is 1. The molecule has 0 aromatic heterocycles. The molecule has 176 valence electrons. The van der Waals surface area contributed by atoms with Gasteiger partial charge in [0.1, 0.15) is 12.4 Å². The molecule has 5 rings (SSSR count). The van der Waals surface area contributed by atoms with Crippen LogP contribution < -0.4 is 14.8 Å². The average Bonchev–Trinajstić information content (AvgIpc) is 3.30. The molecule has 0 saturated carbocycles. The maximum Gasteiger partial charge on any atom is 0.175 e. The zero-order valence-corrected chi connectivity index (χ0v) is 22.7. The predicted octanol–water partition coefficient (Wildman–Crippen LogP) is 9.07. The topological polar surface area (TPSA) is 30.5 Å². The zero-order chi connectivity index (χ0) is 24.0. The first kappa shape index (κ1) is 24.0. The number of fused-ring (bicyclic) bond motifs is 3. The Morgan fingerprint density at radius 1 is 1.09 bits per heavy atom. The van der Waals surface area contributed by atoms with Gasteiger partial charge in [0.25, 0.3) is 0 Å². The second kappa shape index (κ2) is 9.73. The van der Waals surface area contributed by atoms with Gasteiger partial charge >= 0.3 is 0 Å². The van der Waals surface area contributed by atoms with E-state index in [4.69, 9.17) is 32.7 Å². The summed E-state index contributed by atoms with van der Waals surface area (Å²) in [7, 11) is 1.61. The van der Waals surface area contributed by atoms with Crippen molar-refractivity contribution >= 4 is 60.7 Å². The van der Waals surface area contributed by atoms with E-state index < -0.39 is 0 Å². The van der Waals surface area contributed by atoms with Crippen LogP contribution in [-0.2, 0) is 6.61 Å². The average molecular weight is 628 g/mol. The fourth-order valence-corrected chi connectivity index (χ4v) is 6.14. The number of allylic oxidation sites excluding steroid dienone is 2. The maximum atomic E-state index is 14.9. The molecule has 0 radical (unpaired) electrons. The fourth-order valence-electron chi connectivity index (χ4n) is 4.80. The van der Waals surface area contributed by atoms with E-state index in [0.717, 1.165) is 32.1 Å². The summed E-state index contributed by atoms with van der Waals surface area (Å²) in [5, 5.41) is 4.44. The number of halogens is 5. The quantitative estimate of drug-likeness (QED) is 0.286. The molecule has 0 bridgehead atoms. The van der Waals surface area contributed by atoms with Gasteiger partial charge in [0.15, 0.2) is 11.5 Å². The van der Waals surface area contributed by atoms with E-state index in [0.29, 0.717) is 33.8 Å². The largest absolute Gasteiger partial charge is 0.493 e. The van der Waals surface area contributed by atoms with E-state index in [-0.39, 0.29) is 23.7 Å². The third-order valence-corrected chi connectivity index (χ3v) is 8.15. The summed E-state index contributed by atoms with van der Waals surface area (Å²) in [6.07, 6.45) is 5.27. The van der Waals surface area contributed by atoms with Crippen LogP contribution >= 0.6 is 55.1 Å². The van der Waals surface area contributed by atoms with E-state index in [9.17, 15) is 4.39 Å². The lowest BCUT2D eigenvalue weighted by molar-refractivity contribution is 0.282. The van der Waals surface area contributed by atoms with Crippen molar-refractivity contribution in [3.8, 4) is 11.5 Å². The Morgan fingerprint density at radius 3 is 2.68 bits per heavy atom. The van der Waals surface area contributed by atoms with E-state index in [1.165, 1.54) is 6.07 Å². The lowest BCUT2D eigenvalue weighted by Crippen LogP contribution is -2.29. The summed E-state index contributed by atoms with van der Waals surface area (Å²) in [4.78, 5) is 0. The van der Waals surface area contributed by atoms with E-state index in [1.807, 2.05) is 24.3 Å². The minimum absolute atomic E-state index is 0.0857. The number of hydrogen-bond donors (Lipinski definition) is 1. The molecule has 1 N–H and O–H groups in total.